The fraction of sp³-hybridized carbons (Fsp3) is 0.231. The van der Waals surface area contributed by atoms with Crippen LogP contribution in [0.5, 0.6) is 0 Å². The third-order valence-corrected chi connectivity index (χ3v) is 6.11. The quantitative estimate of drug-likeness (QED) is 0.604. The average Bonchev–Trinajstić information content (AvgIpc) is 2.84. The van der Waals surface area contributed by atoms with Crippen molar-refractivity contribution in [2.45, 2.75) is 18.4 Å². The fourth-order valence-electron chi connectivity index (χ4n) is 1.87. The molecule has 0 spiro atoms. The second-order valence-electron chi connectivity index (χ2n) is 4.67. The number of sulfonamides is 1. The van der Waals surface area contributed by atoms with Gasteiger partial charge in [0.2, 0.25) is 10.0 Å². The van der Waals surface area contributed by atoms with Crippen LogP contribution in [0.4, 0.5) is 5.69 Å². The number of nitrogens with zero attached hydrogens (tertiary/aromatic N) is 2. The number of aryl methyl sites for hydroxylation is 1. The molecule has 0 amide bonds. The number of thiophene rings is 1. The zero-order valence-corrected chi connectivity index (χ0v) is 14.2. The zero-order valence-electron chi connectivity index (χ0n) is 11.8. The van der Waals surface area contributed by atoms with Crippen LogP contribution in [0.3, 0.4) is 0 Å². The molecule has 0 saturated heterocycles. The first-order valence-corrected chi connectivity index (χ1v) is 8.81. The molecular formula is C13H13ClN2O4S2. The SMILES string of the molecule is Cc1ccc(S(=O)(=O)N(C)Cc2ccc(Cl)s2)cc1[N+](=O)[O-]. The Balaban J connectivity index is 2.33. The van der Waals surface area contributed by atoms with Crippen molar-refractivity contribution in [1.82, 2.24) is 4.31 Å². The predicted octanol–water partition coefficient (Wildman–Crippen LogP) is 3.44. The van der Waals surface area contributed by atoms with Crippen LogP contribution in [0.2, 0.25) is 4.34 Å². The lowest BCUT2D eigenvalue weighted by atomic mass is 10.2. The number of hydrogen-bond acceptors (Lipinski definition) is 5. The number of benzene rings is 1. The van der Waals surface area contributed by atoms with Crippen molar-refractivity contribution in [3.05, 3.63) is 55.2 Å². The van der Waals surface area contributed by atoms with E-state index in [0.717, 1.165) is 15.2 Å². The Hall–Kier alpha value is -1.48. The molecular weight excluding hydrogens is 348 g/mol. The average molecular weight is 361 g/mol. The highest BCUT2D eigenvalue weighted by molar-refractivity contribution is 7.89. The maximum absolute atomic E-state index is 12.5. The molecule has 0 aliphatic rings. The van der Waals surface area contributed by atoms with Crippen molar-refractivity contribution in [1.29, 1.82) is 0 Å². The van der Waals surface area contributed by atoms with Crippen LogP contribution in [0.25, 0.3) is 0 Å². The maximum atomic E-state index is 12.5. The Bertz CT molecular complexity index is 817. The highest BCUT2D eigenvalue weighted by atomic mass is 35.5. The number of nitro groups is 1. The van der Waals surface area contributed by atoms with Crippen LogP contribution in [0.15, 0.2) is 35.2 Å². The number of halogens is 1. The Kier molecular flexibility index (Phi) is 4.86. The number of nitro benzene ring substituents is 1. The summed E-state index contributed by atoms with van der Waals surface area (Å²) in [4.78, 5) is 11.0. The minimum absolute atomic E-state index is 0.102. The van der Waals surface area contributed by atoms with E-state index in [-0.39, 0.29) is 17.1 Å². The van der Waals surface area contributed by atoms with Gasteiger partial charge in [-0.1, -0.05) is 17.7 Å². The first-order valence-electron chi connectivity index (χ1n) is 6.17. The summed E-state index contributed by atoms with van der Waals surface area (Å²) in [7, 11) is -2.38. The summed E-state index contributed by atoms with van der Waals surface area (Å²) in [5, 5.41) is 10.9. The van der Waals surface area contributed by atoms with Crippen LogP contribution in [-0.4, -0.2) is 24.7 Å². The molecule has 9 heteroatoms. The summed E-state index contributed by atoms with van der Waals surface area (Å²) in [5.74, 6) is 0. The van der Waals surface area contributed by atoms with Crippen molar-refractivity contribution in [3.8, 4) is 0 Å². The van der Waals surface area contributed by atoms with Gasteiger partial charge >= 0.3 is 0 Å². The zero-order chi connectivity index (χ0) is 16.5. The molecule has 0 atom stereocenters. The molecule has 0 aliphatic carbocycles. The van der Waals surface area contributed by atoms with Crippen molar-refractivity contribution in [2.75, 3.05) is 7.05 Å². The highest BCUT2D eigenvalue weighted by Gasteiger charge is 2.24. The van der Waals surface area contributed by atoms with Gasteiger partial charge in [0, 0.05) is 30.1 Å². The molecule has 1 aromatic carbocycles. The van der Waals surface area contributed by atoms with Gasteiger partial charge in [0.05, 0.1) is 14.2 Å². The molecule has 0 bridgehead atoms. The Morgan fingerprint density at radius 3 is 2.55 bits per heavy atom. The lowest BCUT2D eigenvalue weighted by Crippen LogP contribution is -2.26. The molecule has 2 rings (SSSR count). The summed E-state index contributed by atoms with van der Waals surface area (Å²) in [6, 6.07) is 7.33. The van der Waals surface area contributed by atoms with E-state index in [9.17, 15) is 18.5 Å². The summed E-state index contributed by atoms with van der Waals surface area (Å²) < 4.78 is 26.7. The van der Waals surface area contributed by atoms with E-state index in [1.165, 1.54) is 30.5 Å². The first-order chi connectivity index (χ1) is 10.2. The van der Waals surface area contributed by atoms with Gasteiger partial charge in [-0.25, -0.2) is 8.42 Å². The third-order valence-electron chi connectivity index (χ3n) is 3.09. The topological polar surface area (TPSA) is 80.5 Å². The second-order valence-corrected chi connectivity index (χ2v) is 8.52. The van der Waals surface area contributed by atoms with Crippen LogP contribution >= 0.6 is 22.9 Å². The van der Waals surface area contributed by atoms with Crippen LogP contribution in [0.1, 0.15) is 10.4 Å². The molecule has 0 unspecified atom stereocenters. The van der Waals surface area contributed by atoms with Gasteiger partial charge in [-0.2, -0.15) is 4.31 Å². The molecule has 1 heterocycles. The second kappa shape index (κ2) is 6.33. The monoisotopic (exact) mass is 360 g/mol. The van der Waals surface area contributed by atoms with E-state index in [4.69, 9.17) is 11.6 Å². The largest absolute Gasteiger partial charge is 0.273 e. The van der Waals surface area contributed by atoms with E-state index in [1.54, 1.807) is 19.1 Å². The van der Waals surface area contributed by atoms with Crippen molar-refractivity contribution in [2.24, 2.45) is 0 Å². The molecule has 1 aromatic heterocycles. The number of hydrogen-bond donors (Lipinski definition) is 0. The van der Waals surface area contributed by atoms with Gasteiger partial charge in [0.15, 0.2) is 0 Å². The van der Waals surface area contributed by atoms with E-state index in [2.05, 4.69) is 0 Å². The lowest BCUT2D eigenvalue weighted by molar-refractivity contribution is -0.385. The molecule has 0 aliphatic heterocycles. The summed E-state index contributed by atoms with van der Waals surface area (Å²) in [6.45, 7) is 1.72. The molecule has 0 fully saturated rings. The highest BCUT2D eigenvalue weighted by Crippen LogP contribution is 2.27. The predicted molar refractivity (Wildman–Crippen MR) is 85.8 cm³/mol. The molecule has 0 radical (unpaired) electrons. The van der Waals surface area contributed by atoms with Gasteiger partial charge in [0.1, 0.15) is 0 Å². The Labute approximate surface area is 137 Å². The van der Waals surface area contributed by atoms with Crippen molar-refractivity contribution < 1.29 is 13.3 Å². The van der Waals surface area contributed by atoms with Gasteiger partial charge in [-0.05, 0) is 25.1 Å². The van der Waals surface area contributed by atoms with E-state index >= 15 is 0 Å². The van der Waals surface area contributed by atoms with Gasteiger partial charge in [-0.15, -0.1) is 11.3 Å². The van der Waals surface area contributed by atoms with Crippen molar-refractivity contribution >= 4 is 38.6 Å². The summed E-state index contributed by atoms with van der Waals surface area (Å²) in [6.07, 6.45) is 0. The van der Waals surface area contributed by atoms with Crippen LogP contribution in [-0.2, 0) is 16.6 Å². The molecule has 0 saturated carbocycles. The summed E-state index contributed by atoms with van der Waals surface area (Å²) >= 11 is 7.11. The first kappa shape index (κ1) is 16.9. The Morgan fingerprint density at radius 2 is 2.00 bits per heavy atom. The molecule has 6 nitrogen and oxygen atoms in total. The smallest absolute Gasteiger partial charge is 0.258 e. The minimum atomic E-state index is -3.81. The van der Waals surface area contributed by atoms with E-state index in [1.807, 2.05) is 0 Å². The molecule has 0 N–H and O–H groups in total. The molecule has 22 heavy (non-hydrogen) atoms. The Morgan fingerprint density at radius 1 is 1.32 bits per heavy atom. The fourth-order valence-corrected chi connectivity index (χ4v) is 4.26. The number of rotatable bonds is 5. The van der Waals surface area contributed by atoms with Gasteiger partial charge in [-0.3, -0.25) is 10.1 Å². The van der Waals surface area contributed by atoms with Crippen LogP contribution < -0.4 is 0 Å². The summed E-state index contributed by atoms with van der Waals surface area (Å²) in [5.41, 5.74) is 0.199. The van der Waals surface area contributed by atoms with Gasteiger partial charge < -0.3 is 0 Å². The van der Waals surface area contributed by atoms with E-state index < -0.39 is 14.9 Å². The molecule has 118 valence electrons. The van der Waals surface area contributed by atoms with E-state index in [0.29, 0.717) is 9.90 Å². The lowest BCUT2D eigenvalue weighted by Gasteiger charge is -2.16. The van der Waals surface area contributed by atoms with Crippen LogP contribution in [0, 0.1) is 17.0 Å². The standard InChI is InChI=1S/C13H13ClN2O4S2/c1-9-3-5-11(7-12(9)16(17)18)22(19,20)15(2)8-10-4-6-13(14)21-10/h3-7H,8H2,1-2H3. The van der Waals surface area contributed by atoms with Crippen molar-refractivity contribution in [3.63, 3.8) is 0 Å². The third kappa shape index (κ3) is 3.46. The normalized spacial score (nSPS) is 11.8. The maximum Gasteiger partial charge on any atom is 0.273 e. The molecule has 2 aromatic rings. The minimum Gasteiger partial charge on any atom is -0.258 e. The van der Waals surface area contributed by atoms with Gasteiger partial charge in [0.25, 0.3) is 5.69 Å².